The Balaban J connectivity index is 1.43. The van der Waals surface area contributed by atoms with Crippen LogP contribution in [-0.4, -0.2) is 49.1 Å². The van der Waals surface area contributed by atoms with Crippen LogP contribution in [0.25, 0.3) is 0 Å². The van der Waals surface area contributed by atoms with Crippen molar-refractivity contribution in [1.82, 2.24) is 21.1 Å². The number of hydrogen-bond donors (Lipinski definition) is 4. The molecule has 0 aromatic heterocycles. The minimum atomic E-state index is -0.474. The van der Waals surface area contributed by atoms with Crippen molar-refractivity contribution in [3.63, 3.8) is 0 Å². The molecule has 0 spiro atoms. The molecule has 1 aromatic rings. The molecular weight excluding hydrogens is 313 g/mol. The first-order chi connectivity index (χ1) is 11.6. The third-order valence-electron chi connectivity index (χ3n) is 5.02. The zero-order chi connectivity index (χ0) is 16.7. The molecule has 24 heavy (non-hydrogen) atoms. The molecule has 0 aliphatic carbocycles. The molecule has 2 fully saturated rings. The summed E-state index contributed by atoms with van der Waals surface area (Å²) in [6, 6.07) is 2.93. The number of fused-ring (bicyclic) bond motifs is 1. The van der Waals surface area contributed by atoms with Gasteiger partial charge in [-0.05, 0) is 31.9 Å². The largest absolute Gasteiger partial charge is 0.436 e. The van der Waals surface area contributed by atoms with Gasteiger partial charge >= 0.3 is 5.97 Å². The van der Waals surface area contributed by atoms with E-state index in [1.807, 2.05) is 0 Å². The molecule has 3 heterocycles. The molecule has 3 aliphatic heterocycles. The monoisotopic (exact) mass is 335 g/mol. The number of nitrogens with one attached hydrogen (secondary N) is 4. The summed E-state index contributed by atoms with van der Waals surface area (Å²) in [7, 11) is 0. The van der Waals surface area contributed by atoms with Gasteiger partial charge in [0.05, 0.1) is 23.5 Å². The first-order valence-electron chi connectivity index (χ1n) is 8.36. The summed E-state index contributed by atoms with van der Waals surface area (Å²) in [6.45, 7) is 4.51. The maximum atomic E-state index is 13.7. The number of benzene rings is 1. The first kappa shape index (κ1) is 15.8. The van der Waals surface area contributed by atoms with E-state index in [1.165, 1.54) is 6.07 Å². The summed E-state index contributed by atoms with van der Waals surface area (Å²) >= 11 is 0. The van der Waals surface area contributed by atoms with Crippen LogP contribution in [0.4, 0.5) is 10.1 Å². The van der Waals surface area contributed by atoms with E-state index >= 15 is 0 Å². The Labute approximate surface area is 139 Å². The minimum absolute atomic E-state index is 0.0423. The van der Waals surface area contributed by atoms with Crippen molar-refractivity contribution in [1.29, 1.82) is 0 Å². The average Bonchev–Trinajstić information content (AvgIpc) is 3.12. The molecule has 130 valence electrons. The number of carbonyl (C=O) groups excluding carboxylic acids is 1. The third kappa shape index (κ3) is 2.75. The molecule has 2 saturated heterocycles. The highest BCUT2D eigenvalue weighted by atomic mass is 19.1. The summed E-state index contributed by atoms with van der Waals surface area (Å²) in [5.74, 6) is -0.871. The van der Waals surface area contributed by atoms with Gasteiger partial charge in [0.25, 0.3) is 0 Å². The molecule has 1 aromatic carbocycles. The lowest BCUT2D eigenvalue weighted by atomic mass is 10.0. The summed E-state index contributed by atoms with van der Waals surface area (Å²) in [5.41, 5.74) is 7.81. The van der Waals surface area contributed by atoms with Crippen LogP contribution in [0.5, 0.6) is 0 Å². The Morgan fingerprint density at radius 3 is 2.88 bits per heavy atom. The van der Waals surface area contributed by atoms with Crippen LogP contribution in [-0.2, 0) is 4.74 Å². The first-order valence-corrected chi connectivity index (χ1v) is 8.36. The number of anilines is 1. The SMILES string of the molecule is Cc1c(F)ccc2c1C(=O)OC(C1CCC(N3CCNC3)NN1)N2. The van der Waals surface area contributed by atoms with E-state index < -0.39 is 18.0 Å². The molecule has 4 rings (SSSR count). The third-order valence-corrected chi connectivity index (χ3v) is 5.02. The maximum Gasteiger partial charge on any atom is 0.342 e. The molecule has 3 unspecified atom stereocenters. The zero-order valence-electron chi connectivity index (χ0n) is 13.6. The van der Waals surface area contributed by atoms with Crippen LogP contribution in [0, 0.1) is 12.7 Å². The van der Waals surface area contributed by atoms with Crippen LogP contribution in [0.15, 0.2) is 12.1 Å². The van der Waals surface area contributed by atoms with E-state index in [0.29, 0.717) is 11.3 Å². The Kier molecular flexibility index (Phi) is 4.13. The number of carbonyl (C=O) groups is 1. The van der Waals surface area contributed by atoms with E-state index in [0.717, 1.165) is 32.6 Å². The molecule has 0 bridgehead atoms. The number of nitrogens with zero attached hydrogens (tertiary/aromatic N) is 1. The number of esters is 1. The molecule has 0 radical (unpaired) electrons. The van der Waals surface area contributed by atoms with Gasteiger partial charge in [0.1, 0.15) is 5.82 Å². The Hall–Kier alpha value is -1.74. The van der Waals surface area contributed by atoms with Crippen LogP contribution in [0.1, 0.15) is 28.8 Å². The second-order valence-corrected chi connectivity index (χ2v) is 6.52. The standard InChI is InChI=1S/C16H22FN5O2/c1-9-10(17)2-3-11-14(9)16(23)24-15(19-11)12-4-5-13(21-20-12)22-7-6-18-8-22/h2-3,12-13,15,18-21H,4-8H2,1H3. The van der Waals surface area contributed by atoms with Crippen LogP contribution in [0.2, 0.25) is 0 Å². The smallest absolute Gasteiger partial charge is 0.342 e. The molecule has 3 aliphatic rings. The van der Waals surface area contributed by atoms with Crippen molar-refractivity contribution in [3.8, 4) is 0 Å². The zero-order valence-corrected chi connectivity index (χ0v) is 13.6. The highest BCUT2D eigenvalue weighted by Gasteiger charge is 2.36. The Morgan fingerprint density at radius 2 is 2.17 bits per heavy atom. The number of hydrogen-bond acceptors (Lipinski definition) is 7. The number of ether oxygens (including phenoxy) is 1. The summed E-state index contributed by atoms with van der Waals surface area (Å²) < 4.78 is 19.2. The van der Waals surface area contributed by atoms with Gasteiger partial charge in [-0.25, -0.2) is 20.0 Å². The van der Waals surface area contributed by atoms with Gasteiger partial charge < -0.3 is 15.4 Å². The fraction of sp³-hybridized carbons (Fsp3) is 0.562. The molecule has 0 amide bonds. The fourth-order valence-corrected chi connectivity index (χ4v) is 3.59. The quantitative estimate of drug-likeness (QED) is 0.586. The van der Waals surface area contributed by atoms with Crippen molar-refractivity contribution < 1.29 is 13.9 Å². The van der Waals surface area contributed by atoms with E-state index in [1.54, 1.807) is 13.0 Å². The van der Waals surface area contributed by atoms with Crippen LogP contribution in [0.3, 0.4) is 0 Å². The normalized spacial score (nSPS) is 30.6. The fourth-order valence-electron chi connectivity index (χ4n) is 3.59. The van der Waals surface area contributed by atoms with E-state index in [2.05, 4.69) is 26.4 Å². The number of hydrazine groups is 1. The van der Waals surface area contributed by atoms with Gasteiger partial charge in [0.2, 0.25) is 0 Å². The lowest BCUT2D eigenvalue weighted by Crippen LogP contribution is -2.62. The number of rotatable bonds is 2. The van der Waals surface area contributed by atoms with E-state index in [4.69, 9.17) is 4.74 Å². The maximum absolute atomic E-state index is 13.7. The topological polar surface area (TPSA) is 77.7 Å². The highest BCUT2D eigenvalue weighted by Crippen LogP contribution is 2.30. The molecule has 7 nitrogen and oxygen atoms in total. The van der Waals surface area contributed by atoms with Gasteiger partial charge in [0, 0.05) is 25.3 Å². The van der Waals surface area contributed by atoms with Gasteiger partial charge in [-0.15, -0.1) is 0 Å². The van der Waals surface area contributed by atoms with Crippen molar-refractivity contribution in [2.75, 3.05) is 25.1 Å². The van der Waals surface area contributed by atoms with Crippen molar-refractivity contribution in [2.24, 2.45) is 0 Å². The lowest BCUT2D eigenvalue weighted by molar-refractivity contribution is 0.0118. The minimum Gasteiger partial charge on any atom is -0.436 e. The highest BCUT2D eigenvalue weighted by molar-refractivity contribution is 5.99. The predicted octanol–water partition coefficient (Wildman–Crippen LogP) is 0.488. The number of halogens is 1. The summed E-state index contributed by atoms with van der Waals surface area (Å²) in [6.07, 6.45) is 1.64. The Morgan fingerprint density at radius 1 is 1.29 bits per heavy atom. The second-order valence-electron chi connectivity index (χ2n) is 6.52. The summed E-state index contributed by atoms with van der Waals surface area (Å²) in [4.78, 5) is 14.6. The van der Waals surface area contributed by atoms with Gasteiger partial charge in [-0.2, -0.15) is 0 Å². The van der Waals surface area contributed by atoms with Crippen molar-refractivity contribution in [3.05, 3.63) is 29.1 Å². The molecule has 0 saturated carbocycles. The van der Waals surface area contributed by atoms with E-state index in [9.17, 15) is 9.18 Å². The summed E-state index contributed by atoms with van der Waals surface area (Å²) in [5, 5.41) is 6.53. The lowest BCUT2D eigenvalue weighted by Gasteiger charge is -2.40. The van der Waals surface area contributed by atoms with Crippen LogP contribution < -0.4 is 21.5 Å². The van der Waals surface area contributed by atoms with E-state index in [-0.39, 0.29) is 17.8 Å². The predicted molar refractivity (Wildman–Crippen MR) is 86.6 cm³/mol. The van der Waals surface area contributed by atoms with Gasteiger partial charge in [-0.1, -0.05) is 0 Å². The van der Waals surface area contributed by atoms with Gasteiger partial charge in [0.15, 0.2) is 6.23 Å². The number of cyclic esters (lactones) is 1. The molecule has 4 N–H and O–H groups in total. The van der Waals surface area contributed by atoms with Crippen molar-refractivity contribution >= 4 is 11.7 Å². The van der Waals surface area contributed by atoms with Crippen molar-refractivity contribution in [2.45, 2.75) is 38.2 Å². The Bertz CT molecular complexity index is 642. The van der Waals surface area contributed by atoms with Crippen LogP contribution >= 0.6 is 0 Å². The molecular formula is C16H22FN5O2. The molecule has 8 heteroatoms. The van der Waals surface area contributed by atoms with Gasteiger partial charge in [-0.3, -0.25) is 4.90 Å². The second kappa shape index (κ2) is 6.29. The average molecular weight is 335 g/mol. The molecule has 3 atom stereocenters.